The standard InChI is InChI=1S/C5H11O4P/c6-2-1-5(7)10-4-3-8-9-10/h5-7H,1-4H2. The fraction of sp³-hybridized carbons (Fsp3) is 1.00. The Morgan fingerprint density at radius 1 is 1.60 bits per heavy atom. The van der Waals surface area contributed by atoms with Crippen molar-refractivity contribution >= 4 is 8.15 Å². The zero-order valence-electron chi connectivity index (χ0n) is 5.56. The number of hydrogen-bond acceptors (Lipinski definition) is 4. The molecule has 2 unspecified atom stereocenters. The molecule has 1 saturated heterocycles. The SMILES string of the molecule is OCCC(O)P1CCOO1. The van der Waals surface area contributed by atoms with Crippen LogP contribution in [0.15, 0.2) is 0 Å². The van der Waals surface area contributed by atoms with Crippen LogP contribution in [0, 0.1) is 0 Å². The molecule has 1 rings (SSSR count). The van der Waals surface area contributed by atoms with E-state index in [1.54, 1.807) is 0 Å². The van der Waals surface area contributed by atoms with E-state index in [1.165, 1.54) is 0 Å². The molecule has 60 valence electrons. The third kappa shape index (κ3) is 2.15. The molecule has 10 heavy (non-hydrogen) atoms. The van der Waals surface area contributed by atoms with Crippen LogP contribution in [0.2, 0.25) is 0 Å². The highest BCUT2D eigenvalue weighted by atomic mass is 31.1. The van der Waals surface area contributed by atoms with Gasteiger partial charge in [-0.15, -0.1) is 0 Å². The topological polar surface area (TPSA) is 58.9 Å². The number of rotatable bonds is 3. The van der Waals surface area contributed by atoms with Crippen molar-refractivity contribution in [3.05, 3.63) is 0 Å². The van der Waals surface area contributed by atoms with Crippen LogP contribution in [0.5, 0.6) is 0 Å². The summed E-state index contributed by atoms with van der Waals surface area (Å²) in [6, 6.07) is 0. The van der Waals surface area contributed by atoms with Crippen LogP contribution >= 0.6 is 8.15 Å². The van der Waals surface area contributed by atoms with Gasteiger partial charge in [-0.3, -0.25) is 0 Å². The minimum Gasteiger partial charge on any atom is -0.396 e. The first-order valence-electron chi connectivity index (χ1n) is 3.20. The van der Waals surface area contributed by atoms with Crippen LogP contribution in [0.3, 0.4) is 0 Å². The van der Waals surface area contributed by atoms with Crippen LogP contribution in [0.1, 0.15) is 6.42 Å². The van der Waals surface area contributed by atoms with Gasteiger partial charge in [-0.2, -0.15) is 0 Å². The fourth-order valence-electron chi connectivity index (χ4n) is 0.728. The Balaban J connectivity index is 2.18. The monoisotopic (exact) mass is 166 g/mol. The van der Waals surface area contributed by atoms with E-state index < -0.39 is 14.0 Å². The van der Waals surface area contributed by atoms with E-state index >= 15 is 0 Å². The molecule has 2 atom stereocenters. The van der Waals surface area contributed by atoms with Crippen LogP contribution in [0.25, 0.3) is 0 Å². The predicted molar refractivity (Wildman–Crippen MR) is 36.5 cm³/mol. The third-order valence-electron chi connectivity index (χ3n) is 1.26. The van der Waals surface area contributed by atoms with Gasteiger partial charge >= 0.3 is 0 Å². The van der Waals surface area contributed by atoms with Crippen LogP contribution < -0.4 is 0 Å². The Morgan fingerprint density at radius 2 is 2.40 bits per heavy atom. The summed E-state index contributed by atoms with van der Waals surface area (Å²) >= 11 is 0. The quantitative estimate of drug-likeness (QED) is 0.459. The van der Waals surface area contributed by atoms with E-state index in [4.69, 9.17) is 9.78 Å². The lowest BCUT2D eigenvalue weighted by atomic mass is 10.5. The van der Waals surface area contributed by atoms with Crippen LogP contribution in [-0.2, 0) is 9.56 Å². The minimum absolute atomic E-state index is 0.00333. The predicted octanol–water partition coefficient (Wildman–Crippen LogP) is 0.0459. The van der Waals surface area contributed by atoms with Crippen LogP contribution in [-0.4, -0.2) is 35.4 Å². The largest absolute Gasteiger partial charge is 0.396 e. The summed E-state index contributed by atoms with van der Waals surface area (Å²) < 4.78 is 4.77. The van der Waals surface area contributed by atoms with Gasteiger partial charge in [-0.1, -0.05) is 0 Å². The second-order valence-electron chi connectivity index (χ2n) is 2.03. The lowest BCUT2D eigenvalue weighted by molar-refractivity contribution is -0.177. The second kappa shape index (κ2) is 4.21. The molecule has 0 aromatic carbocycles. The van der Waals surface area contributed by atoms with Crippen molar-refractivity contribution in [3.8, 4) is 0 Å². The Hall–Kier alpha value is 0.270. The molecule has 0 spiro atoms. The van der Waals surface area contributed by atoms with Crippen molar-refractivity contribution in [2.45, 2.75) is 12.3 Å². The van der Waals surface area contributed by atoms with Gasteiger partial charge in [0.15, 0.2) is 0 Å². The van der Waals surface area contributed by atoms with Gasteiger partial charge in [0.2, 0.25) is 0 Å². The first-order chi connectivity index (χ1) is 4.84. The molecule has 0 aromatic rings. The highest BCUT2D eigenvalue weighted by Crippen LogP contribution is 2.46. The lowest BCUT2D eigenvalue weighted by Crippen LogP contribution is -2.06. The molecule has 0 bridgehead atoms. The average molecular weight is 166 g/mol. The summed E-state index contributed by atoms with van der Waals surface area (Å²) in [5.41, 5.74) is 0. The summed E-state index contributed by atoms with van der Waals surface area (Å²) in [5.74, 6) is -0.525. The molecule has 0 amide bonds. The van der Waals surface area contributed by atoms with Gasteiger partial charge in [0, 0.05) is 19.2 Å². The summed E-state index contributed by atoms with van der Waals surface area (Å²) in [4.78, 5) is 4.61. The van der Waals surface area contributed by atoms with E-state index in [0.717, 1.165) is 6.16 Å². The number of aliphatic hydroxyl groups excluding tert-OH is 2. The van der Waals surface area contributed by atoms with Crippen LogP contribution in [0.4, 0.5) is 0 Å². The normalized spacial score (nSPS) is 28.8. The highest BCUT2D eigenvalue weighted by Gasteiger charge is 2.25. The fourth-order valence-corrected chi connectivity index (χ4v) is 2.07. The van der Waals surface area contributed by atoms with E-state index in [9.17, 15) is 5.11 Å². The third-order valence-corrected chi connectivity index (χ3v) is 3.11. The molecule has 5 heteroatoms. The number of aliphatic hydroxyl groups is 2. The molecule has 0 aliphatic carbocycles. The van der Waals surface area contributed by atoms with Crippen molar-refractivity contribution in [2.75, 3.05) is 19.4 Å². The first kappa shape index (κ1) is 8.37. The molecule has 1 aliphatic rings. The molecule has 0 radical (unpaired) electrons. The molecule has 2 N–H and O–H groups in total. The zero-order chi connectivity index (χ0) is 7.40. The van der Waals surface area contributed by atoms with Crippen molar-refractivity contribution in [1.82, 2.24) is 0 Å². The summed E-state index contributed by atoms with van der Waals surface area (Å²) in [6.07, 6.45) is 1.16. The van der Waals surface area contributed by atoms with E-state index in [2.05, 4.69) is 4.89 Å². The van der Waals surface area contributed by atoms with Gasteiger partial charge < -0.3 is 10.2 Å². The van der Waals surface area contributed by atoms with Gasteiger partial charge in [-0.25, -0.2) is 9.56 Å². The molecule has 0 aromatic heterocycles. The Bertz CT molecular complexity index is 93.6. The average Bonchev–Trinajstić information content (AvgIpc) is 2.38. The van der Waals surface area contributed by atoms with E-state index in [-0.39, 0.29) is 6.61 Å². The maximum atomic E-state index is 9.21. The Kier molecular flexibility index (Phi) is 3.52. The molecule has 0 saturated carbocycles. The molecule has 4 nitrogen and oxygen atoms in total. The lowest BCUT2D eigenvalue weighted by Gasteiger charge is -2.12. The highest BCUT2D eigenvalue weighted by molar-refractivity contribution is 7.53. The zero-order valence-corrected chi connectivity index (χ0v) is 6.46. The van der Waals surface area contributed by atoms with Crippen molar-refractivity contribution in [2.24, 2.45) is 0 Å². The van der Waals surface area contributed by atoms with Gasteiger partial charge in [0.05, 0.1) is 6.61 Å². The number of hydrogen-bond donors (Lipinski definition) is 2. The molecular formula is C5H11O4P. The Morgan fingerprint density at radius 3 is 2.90 bits per heavy atom. The van der Waals surface area contributed by atoms with Crippen molar-refractivity contribution in [1.29, 1.82) is 0 Å². The van der Waals surface area contributed by atoms with E-state index in [1.807, 2.05) is 0 Å². The molecule has 1 aliphatic heterocycles. The molecular weight excluding hydrogens is 155 g/mol. The van der Waals surface area contributed by atoms with Crippen molar-refractivity contribution < 1.29 is 19.8 Å². The van der Waals surface area contributed by atoms with E-state index in [0.29, 0.717) is 13.0 Å². The summed E-state index contributed by atoms with van der Waals surface area (Å²) in [6.45, 7) is 0.567. The maximum absolute atomic E-state index is 9.21. The molecule has 1 fully saturated rings. The van der Waals surface area contributed by atoms with Gasteiger partial charge in [0.1, 0.15) is 14.0 Å². The minimum atomic E-state index is -0.839. The van der Waals surface area contributed by atoms with Gasteiger partial charge in [0.25, 0.3) is 0 Å². The Labute approximate surface area is 60.5 Å². The summed E-state index contributed by atoms with van der Waals surface area (Å²) in [5, 5.41) is 17.7. The maximum Gasteiger partial charge on any atom is 0.103 e. The van der Waals surface area contributed by atoms with Gasteiger partial charge in [-0.05, 0) is 0 Å². The van der Waals surface area contributed by atoms with Crippen molar-refractivity contribution in [3.63, 3.8) is 0 Å². The molecule has 1 heterocycles. The second-order valence-corrected chi connectivity index (χ2v) is 4.06. The first-order valence-corrected chi connectivity index (χ1v) is 4.71. The summed E-state index contributed by atoms with van der Waals surface area (Å²) in [7, 11) is -0.839. The smallest absolute Gasteiger partial charge is 0.103 e.